The Morgan fingerprint density at radius 1 is 1.11 bits per heavy atom. The van der Waals surface area contributed by atoms with Gasteiger partial charge >= 0.3 is 0 Å². The second-order valence-corrected chi connectivity index (χ2v) is 8.45. The van der Waals surface area contributed by atoms with E-state index in [0.29, 0.717) is 22.2 Å². The molecule has 0 saturated carbocycles. The van der Waals surface area contributed by atoms with Crippen molar-refractivity contribution in [2.45, 2.75) is 18.4 Å². The van der Waals surface area contributed by atoms with Crippen molar-refractivity contribution in [2.75, 3.05) is 4.31 Å². The van der Waals surface area contributed by atoms with Gasteiger partial charge in [-0.3, -0.25) is 4.31 Å². The molecule has 0 radical (unpaired) electrons. The van der Waals surface area contributed by atoms with Gasteiger partial charge in [-0.15, -0.1) is 0 Å². The molecular formula is C20H14FN3O3S. The van der Waals surface area contributed by atoms with Crippen LogP contribution in [-0.2, 0) is 16.6 Å². The summed E-state index contributed by atoms with van der Waals surface area (Å²) in [6, 6.07) is 15.3. The van der Waals surface area contributed by atoms with Gasteiger partial charge in [0.25, 0.3) is 10.0 Å². The lowest BCUT2D eigenvalue weighted by atomic mass is 10.1. The van der Waals surface area contributed by atoms with E-state index < -0.39 is 10.0 Å². The number of aryl methyl sites for hydroxylation is 1. The van der Waals surface area contributed by atoms with Crippen LogP contribution >= 0.6 is 0 Å². The summed E-state index contributed by atoms with van der Waals surface area (Å²) in [5, 5.41) is 5.41. The summed E-state index contributed by atoms with van der Waals surface area (Å²) >= 11 is 0. The van der Waals surface area contributed by atoms with E-state index in [-0.39, 0.29) is 29.0 Å². The molecule has 0 aliphatic carbocycles. The summed E-state index contributed by atoms with van der Waals surface area (Å²) in [6.45, 7) is 1.56. The lowest BCUT2D eigenvalue weighted by Crippen LogP contribution is -2.26. The number of nitrogens with zero attached hydrogens (tertiary/aromatic N) is 3. The predicted octanol–water partition coefficient (Wildman–Crippen LogP) is 4.05. The SMILES string of the molecule is Cc1ccc(-c2noc(CN3c4cccc5cccc(c45)S3(=O)=O)n2)cc1F. The monoisotopic (exact) mass is 395 g/mol. The first-order valence-electron chi connectivity index (χ1n) is 8.59. The molecule has 28 heavy (non-hydrogen) atoms. The van der Waals surface area contributed by atoms with Crippen LogP contribution in [-0.4, -0.2) is 18.6 Å². The summed E-state index contributed by atoms with van der Waals surface area (Å²) < 4.78 is 46.3. The van der Waals surface area contributed by atoms with Gasteiger partial charge in [-0.2, -0.15) is 4.98 Å². The van der Waals surface area contributed by atoms with Crippen LogP contribution in [0.2, 0.25) is 0 Å². The predicted molar refractivity (Wildman–Crippen MR) is 102 cm³/mol. The molecule has 1 aromatic heterocycles. The summed E-state index contributed by atoms with van der Waals surface area (Å²) in [5.74, 6) is -0.0290. The molecule has 5 rings (SSSR count). The number of anilines is 1. The number of aromatic nitrogens is 2. The van der Waals surface area contributed by atoms with E-state index in [9.17, 15) is 12.8 Å². The van der Waals surface area contributed by atoms with Gasteiger partial charge in [0.05, 0.1) is 10.6 Å². The van der Waals surface area contributed by atoms with Gasteiger partial charge in [0.15, 0.2) is 0 Å². The molecule has 1 aliphatic rings. The van der Waals surface area contributed by atoms with Crippen LogP contribution in [0.1, 0.15) is 11.5 Å². The maximum atomic E-state index is 13.8. The number of sulfonamides is 1. The first-order valence-corrected chi connectivity index (χ1v) is 10.0. The quantitative estimate of drug-likeness (QED) is 0.523. The third-order valence-electron chi connectivity index (χ3n) is 4.86. The Labute approximate surface area is 160 Å². The van der Waals surface area contributed by atoms with Crippen molar-refractivity contribution < 1.29 is 17.3 Å². The highest BCUT2D eigenvalue weighted by Crippen LogP contribution is 2.42. The van der Waals surface area contributed by atoms with Crippen LogP contribution in [0.5, 0.6) is 0 Å². The van der Waals surface area contributed by atoms with E-state index >= 15 is 0 Å². The first-order chi connectivity index (χ1) is 13.4. The normalized spacial score (nSPS) is 14.7. The summed E-state index contributed by atoms with van der Waals surface area (Å²) in [5.41, 5.74) is 1.56. The second-order valence-electron chi connectivity index (χ2n) is 6.62. The minimum Gasteiger partial charge on any atom is -0.337 e. The Bertz CT molecular complexity index is 1340. The van der Waals surface area contributed by atoms with E-state index in [4.69, 9.17) is 4.52 Å². The number of rotatable bonds is 3. The molecule has 0 saturated heterocycles. The molecular weight excluding hydrogens is 381 g/mol. The van der Waals surface area contributed by atoms with Gasteiger partial charge < -0.3 is 4.52 Å². The van der Waals surface area contributed by atoms with Crippen molar-refractivity contribution in [1.82, 2.24) is 10.1 Å². The molecule has 4 aromatic rings. The van der Waals surface area contributed by atoms with E-state index in [1.807, 2.05) is 18.2 Å². The van der Waals surface area contributed by atoms with E-state index in [0.717, 1.165) is 5.39 Å². The van der Waals surface area contributed by atoms with Crippen LogP contribution in [0.3, 0.4) is 0 Å². The Hall–Kier alpha value is -3.26. The maximum Gasteiger partial charge on any atom is 0.265 e. The van der Waals surface area contributed by atoms with Crippen molar-refractivity contribution in [3.05, 3.63) is 71.9 Å². The van der Waals surface area contributed by atoms with Crippen molar-refractivity contribution in [3.8, 4) is 11.4 Å². The summed E-state index contributed by atoms with van der Waals surface area (Å²) in [4.78, 5) is 4.52. The van der Waals surface area contributed by atoms with Crippen molar-refractivity contribution in [3.63, 3.8) is 0 Å². The van der Waals surface area contributed by atoms with Gasteiger partial charge in [0, 0.05) is 10.9 Å². The average molecular weight is 395 g/mol. The minimum absolute atomic E-state index is 0.0997. The zero-order chi connectivity index (χ0) is 19.5. The highest BCUT2D eigenvalue weighted by molar-refractivity contribution is 7.93. The van der Waals surface area contributed by atoms with Gasteiger partial charge in [-0.05, 0) is 36.1 Å². The van der Waals surface area contributed by atoms with Gasteiger partial charge in [0.2, 0.25) is 11.7 Å². The number of benzene rings is 3. The Kier molecular flexibility index (Phi) is 3.54. The molecule has 0 fully saturated rings. The molecule has 1 aliphatic heterocycles. The summed E-state index contributed by atoms with van der Waals surface area (Å²) in [6.07, 6.45) is 0. The standard InChI is InChI=1S/C20H14FN3O3S/c1-12-8-9-14(10-15(12)21)20-22-18(27-23-20)11-24-16-6-2-4-13-5-3-7-17(19(13)16)28(24,25)26/h2-10H,11H2,1H3. The van der Waals surface area contributed by atoms with Crippen LogP contribution in [0.25, 0.3) is 22.2 Å². The fraction of sp³-hybridized carbons (Fsp3) is 0.100. The topological polar surface area (TPSA) is 76.3 Å². The minimum atomic E-state index is -3.72. The van der Waals surface area contributed by atoms with Crippen LogP contribution in [0.4, 0.5) is 10.1 Å². The van der Waals surface area contributed by atoms with Gasteiger partial charge in [-0.25, -0.2) is 12.8 Å². The number of hydrogen-bond acceptors (Lipinski definition) is 5. The van der Waals surface area contributed by atoms with Crippen LogP contribution < -0.4 is 4.31 Å². The zero-order valence-electron chi connectivity index (χ0n) is 14.8. The first kappa shape index (κ1) is 16.9. The number of hydrogen-bond donors (Lipinski definition) is 0. The largest absolute Gasteiger partial charge is 0.337 e. The Morgan fingerprint density at radius 2 is 1.89 bits per heavy atom. The highest BCUT2D eigenvalue weighted by Gasteiger charge is 2.36. The van der Waals surface area contributed by atoms with Gasteiger partial charge in [0.1, 0.15) is 12.4 Å². The molecule has 0 N–H and O–H groups in total. The van der Waals surface area contributed by atoms with Crippen LogP contribution in [0, 0.1) is 12.7 Å². The third kappa shape index (κ3) is 2.41. The van der Waals surface area contributed by atoms with Crippen molar-refractivity contribution in [2.24, 2.45) is 0 Å². The van der Waals surface area contributed by atoms with Crippen LogP contribution in [0.15, 0.2) is 64.0 Å². The fourth-order valence-corrected chi connectivity index (χ4v) is 5.08. The van der Waals surface area contributed by atoms with Crippen molar-refractivity contribution in [1.29, 1.82) is 0 Å². The van der Waals surface area contributed by atoms with Crippen molar-refractivity contribution >= 4 is 26.5 Å². The van der Waals surface area contributed by atoms with Gasteiger partial charge in [-0.1, -0.05) is 41.6 Å². The smallest absolute Gasteiger partial charge is 0.265 e. The molecule has 8 heteroatoms. The van der Waals surface area contributed by atoms with E-state index in [1.54, 1.807) is 37.3 Å². The molecule has 140 valence electrons. The second kappa shape index (κ2) is 5.87. The lowest BCUT2D eigenvalue weighted by Gasteiger charge is -2.16. The highest BCUT2D eigenvalue weighted by atomic mass is 32.2. The molecule has 0 amide bonds. The molecule has 0 atom stereocenters. The molecule has 0 unspecified atom stereocenters. The van der Waals surface area contributed by atoms with E-state index in [2.05, 4.69) is 10.1 Å². The maximum absolute atomic E-state index is 13.8. The lowest BCUT2D eigenvalue weighted by molar-refractivity contribution is 0.380. The Morgan fingerprint density at radius 3 is 2.68 bits per heavy atom. The van der Waals surface area contributed by atoms with E-state index in [1.165, 1.54) is 10.4 Å². The number of halogens is 1. The summed E-state index contributed by atoms with van der Waals surface area (Å²) in [7, 11) is -3.72. The zero-order valence-corrected chi connectivity index (χ0v) is 15.6. The fourth-order valence-electron chi connectivity index (χ4n) is 3.42. The molecule has 3 aromatic carbocycles. The average Bonchev–Trinajstić information content (AvgIpc) is 3.23. The molecule has 6 nitrogen and oxygen atoms in total. The molecule has 0 spiro atoms. The molecule has 0 bridgehead atoms. The molecule has 2 heterocycles. The third-order valence-corrected chi connectivity index (χ3v) is 6.66. The Balaban J connectivity index is 1.53.